The lowest BCUT2D eigenvalue weighted by Gasteiger charge is -2.60. The molecule has 0 aromatic carbocycles. The summed E-state index contributed by atoms with van der Waals surface area (Å²) in [7, 11) is 0. The standard InChI is InChI=1S/C18H33N3O2/c1-18(2)15(14-7-4-11-23-16(14)18)20-8-5-10-21-9-3-6-13(12-21)17(19)22/h13-16,20H,3-12H2,1-2H3,(H2,19,22). The quantitative estimate of drug-likeness (QED) is 0.725. The first kappa shape index (κ1) is 17.2. The normalized spacial score (nSPS) is 37.0. The first-order chi connectivity index (χ1) is 11.0. The van der Waals surface area contributed by atoms with Gasteiger partial charge in [0.05, 0.1) is 12.0 Å². The third kappa shape index (κ3) is 3.57. The second kappa shape index (κ2) is 7.08. The summed E-state index contributed by atoms with van der Waals surface area (Å²) in [6.45, 7) is 9.68. The number of amides is 1. The monoisotopic (exact) mass is 323 g/mol. The van der Waals surface area contributed by atoms with E-state index in [1.165, 1.54) is 12.8 Å². The molecular formula is C18H33N3O2. The molecule has 0 aromatic rings. The molecule has 0 radical (unpaired) electrons. The number of primary amides is 1. The zero-order valence-electron chi connectivity index (χ0n) is 14.7. The lowest BCUT2D eigenvalue weighted by Crippen LogP contribution is -2.69. The van der Waals surface area contributed by atoms with E-state index in [0.717, 1.165) is 52.0 Å². The summed E-state index contributed by atoms with van der Waals surface area (Å²) in [6, 6.07) is 0.590. The zero-order chi connectivity index (χ0) is 16.4. The second-order valence-electron chi connectivity index (χ2n) is 8.25. The van der Waals surface area contributed by atoms with Gasteiger partial charge in [-0.1, -0.05) is 13.8 Å². The van der Waals surface area contributed by atoms with Crippen molar-refractivity contribution in [2.24, 2.45) is 23.0 Å². The van der Waals surface area contributed by atoms with Crippen molar-refractivity contribution in [1.82, 2.24) is 10.2 Å². The summed E-state index contributed by atoms with van der Waals surface area (Å²) in [6.07, 6.45) is 6.15. The number of fused-ring (bicyclic) bond motifs is 1. The molecule has 0 spiro atoms. The summed E-state index contributed by atoms with van der Waals surface area (Å²) in [5.41, 5.74) is 5.71. The summed E-state index contributed by atoms with van der Waals surface area (Å²) < 4.78 is 5.97. The zero-order valence-corrected chi connectivity index (χ0v) is 14.7. The van der Waals surface area contributed by atoms with E-state index in [-0.39, 0.29) is 17.2 Å². The van der Waals surface area contributed by atoms with Crippen LogP contribution >= 0.6 is 0 Å². The Bertz CT molecular complexity index is 426. The summed E-state index contributed by atoms with van der Waals surface area (Å²) in [5, 5.41) is 3.78. The number of carbonyl (C=O) groups excluding carboxylic acids is 1. The SMILES string of the molecule is CC1(C)C(NCCCN2CCCC(C(N)=O)C2)C2CCCOC21. The van der Waals surface area contributed by atoms with Gasteiger partial charge in [-0.15, -0.1) is 0 Å². The number of carbonyl (C=O) groups is 1. The Balaban J connectivity index is 1.37. The van der Waals surface area contributed by atoms with Crippen LogP contribution in [0.3, 0.4) is 0 Å². The maximum Gasteiger partial charge on any atom is 0.221 e. The van der Waals surface area contributed by atoms with Crippen LogP contribution in [0, 0.1) is 17.3 Å². The van der Waals surface area contributed by atoms with Crippen LogP contribution in [0.15, 0.2) is 0 Å². The van der Waals surface area contributed by atoms with Gasteiger partial charge in [-0.2, -0.15) is 0 Å². The number of piperidine rings is 1. The van der Waals surface area contributed by atoms with E-state index in [1.807, 2.05) is 0 Å². The van der Waals surface area contributed by atoms with Gasteiger partial charge in [-0.05, 0) is 51.7 Å². The first-order valence-electron chi connectivity index (χ1n) is 9.37. The minimum Gasteiger partial charge on any atom is -0.377 e. The molecule has 5 heteroatoms. The van der Waals surface area contributed by atoms with Gasteiger partial charge < -0.3 is 20.7 Å². The Morgan fingerprint density at radius 2 is 2.17 bits per heavy atom. The number of hydrogen-bond donors (Lipinski definition) is 2. The van der Waals surface area contributed by atoms with Crippen LogP contribution in [-0.4, -0.2) is 55.7 Å². The van der Waals surface area contributed by atoms with Gasteiger partial charge in [0.25, 0.3) is 0 Å². The van der Waals surface area contributed by atoms with Crippen LogP contribution in [0.5, 0.6) is 0 Å². The molecule has 0 bridgehead atoms. The van der Waals surface area contributed by atoms with Crippen molar-refractivity contribution in [3.8, 4) is 0 Å². The Labute approximate surface area is 140 Å². The molecule has 4 atom stereocenters. The van der Waals surface area contributed by atoms with Gasteiger partial charge in [0.15, 0.2) is 0 Å². The maximum absolute atomic E-state index is 11.3. The Morgan fingerprint density at radius 3 is 2.96 bits per heavy atom. The molecule has 2 heterocycles. The van der Waals surface area contributed by atoms with Crippen LogP contribution in [0.1, 0.15) is 46.0 Å². The minimum absolute atomic E-state index is 0.0578. The molecule has 1 aliphatic carbocycles. The number of nitrogens with one attached hydrogen (secondary N) is 1. The predicted octanol–water partition coefficient (Wildman–Crippen LogP) is 1.37. The summed E-state index contributed by atoms with van der Waals surface area (Å²) in [4.78, 5) is 13.7. The van der Waals surface area contributed by atoms with E-state index < -0.39 is 0 Å². The van der Waals surface area contributed by atoms with E-state index in [2.05, 4.69) is 24.1 Å². The van der Waals surface area contributed by atoms with Crippen LogP contribution in [0.4, 0.5) is 0 Å². The van der Waals surface area contributed by atoms with E-state index in [4.69, 9.17) is 10.5 Å². The maximum atomic E-state index is 11.3. The average Bonchev–Trinajstić information content (AvgIpc) is 2.54. The number of ether oxygens (including phenoxy) is 1. The van der Waals surface area contributed by atoms with Crippen molar-refractivity contribution in [2.75, 3.05) is 32.8 Å². The van der Waals surface area contributed by atoms with Gasteiger partial charge in [0.2, 0.25) is 5.91 Å². The molecule has 4 unspecified atom stereocenters. The number of likely N-dealkylation sites (tertiary alicyclic amines) is 1. The van der Waals surface area contributed by atoms with E-state index in [9.17, 15) is 4.79 Å². The van der Waals surface area contributed by atoms with Gasteiger partial charge >= 0.3 is 0 Å². The fourth-order valence-corrected chi connectivity index (χ4v) is 4.99. The molecule has 132 valence electrons. The van der Waals surface area contributed by atoms with Crippen molar-refractivity contribution >= 4 is 5.91 Å². The molecule has 1 saturated carbocycles. The van der Waals surface area contributed by atoms with E-state index >= 15 is 0 Å². The smallest absolute Gasteiger partial charge is 0.221 e. The van der Waals surface area contributed by atoms with E-state index in [0.29, 0.717) is 18.1 Å². The first-order valence-corrected chi connectivity index (χ1v) is 9.37. The van der Waals surface area contributed by atoms with Crippen LogP contribution in [0.2, 0.25) is 0 Å². The van der Waals surface area contributed by atoms with Crippen molar-refractivity contribution in [1.29, 1.82) is 0 Å². The number of nitrogens with zero attached hydrogens (tertiary/aromatic N) is 1. The van der Waals surface area contributed by atoms with Gasteiger partial charge in [0, 0.05) is 30.5 Å². The molecule has 1 amide bonds. The molecule has 3 N–H and O–H groups in total. The van der Waals surface area contributed by atoms with Crippen molar-refractivity contribution in [2.45, 2.75) is 58.1 Å². The summed E-state index contributed by atoms with van der Waals surface area (Å²) >= 11 is 0. The molecule has 23 heavy (non-hydrogen) atoms. The van der Waals surface area contributed by atoms with Gasteiger partial charge in [-0.3, -0.25) is 4.79 Å². The highest BCUT2D eigenvalue weighted by atomic mass is 16.5. The number of hydrogen-bond acceptors (Lipinski definition) is 4. The number of nitrogens with two attached hydrogens (primary N) is 1. The Morgan fingerprint density at radius 1 is 1.35 bits per heavy atom. The molecule has 3 aliphatic rings. The van der Waals surface area contributed by atoms with Gasteiger partial charge in [0.1, 0.15) is 0 Å². The van der Waals surface area contributed by atoms with Crippen LogP contribution in [0.25, 0.3) is 0 Å². The van der Waals surface area contributed by atoms with Gasteiger partial charge in [-0.25, -0.2) is 0 Å². The fourth-order valence-electron chi connectivity index (χ4n) is 4.99. The molecule has 2 aliphatic heterocycles. The van der Waals surface area contributed by atoms with Crippen LogP contribution in [-0.2, 0) is 9.53 Å². The Kier molecular flexibility index (Phi) is 5.29. The second-order valence-corrected chi connectivity index (χ2v) is 8.25. The fraction of sp³-hybridized carbons (Fsp3) is 0.944. The molecule has 0 aromatic heterocycles. The topological polar surface area (TPSA) is 67.6 Å². The molecule has 3 fully saturated rings. The lowest BCUT2D eigenvalue weighted by atomic mass is 9.55. The predicted molar refractivity (Wildman–Crippen MR) is 91.0 cm³/mol. The van der Waals surface area contributed by atoms with Crippen molar-refractivity contribution in [3.63, 3.8) is 0 Å². The molecule has 5 nitrogen and oxygen atoms in total. The third-order valence-corrected chi connectivity index (χ3v) is 6.25. The van der Waals surface area contributed by atoms with E-state index in [1.54, 1.807) is 0 Å². The highest BCUT2D eigenvalue weighted by molar-refractivity contribution is 5.76. The molecule has 3 rings (SSSR count). The highest BCUT2D eigenvalue weighted by Crippen LogP contribution is 2.51. The largest absolute Gasteiger partial charge is 0.377 e. The minimum atomic E-state index is -0.132. The average molecular weight is 323 g/mol. The highest BCUT2D eigenvalue weighted by Gasteiger charge is 2.57. The molecule has 2 saturated heterocycles. The molecular weight excluding hydrogens is 290 g/mol. The van der Waals surface area contributed by atoms with Crippen LogP contribution < -0.4 is 11.1 Å². The van der Waals surface area contributed by atoms with Crippen molar-refractivity contribution < 1.29 is 9.53 Å². The number of rotatable bonds is 6. The Hall–Kier alpha value is -0.650. The lowest BCUT2D eigenvalue weighted by molar-refractivity contribution is -0.192. The van der Waals surface area contributed by atoms with Crippen molar-refractivity contribution in [3.05, 3.63) is 0 Å². The third-order valence-electron chi connectivity index (χ3n) is 6.25. The summed E-state index contributed by atoms with van der Waals surface area (Å²) in [5.74, 6) is 0.628.